The number of amides is 1. The number of sulfonamides is 1. The Morgan fingerprint density at radius 1 is 0.935 bits per heavy atom. The third-order valence-corrected chi connectivity index (χ3v) is 5.51. The Morgan fingerprint density at radius 3 is 1.97 bits per heavy atom. The smallest absolute Gasteiger partial charge is 0.337 e. The first-order valence-corrected chi connectivity index (χ1v) is 11.0. The van der Waals surface area contributed by atoms with Crippen LogP contribution < -0.4 is 9.62 Å². The number of methoxy groups -OCH3 is 2. The minimum absolute atomic E-state index is 0.0233. The van der Waals surface area contributed by atoms with Crippen LogP contribution in [0, 0.1) is 13.8 Å². The second-order valence-corrected chi connectivity index (χ2v) is 8.80. The fraction of sp³-hybridized carbons (Fsp3) is 0.286. The number of rotatable bonds is 7. The Morgan fingerprint density at radius 2 is 1.48 bits per heavy atom. The third kappa shape index (κ3) is 6.05. The summed E-state index contributed by atoms with van der Waals surface area (Å²) in [7, 11) is -1.41. The van der Waals surface area contributed by atoms with E-state index in [1.807, 2.05) is 13.0 Å². The maximum atomic E-state index is 12.7. The van der Waals surface area contributed by atoms with Gasteiger partial charge in [-0.3, -0.25) is 9.10 Å². The van der Waals surface area contributed by atoms with Crippen molar-refractivity contribution in [2.45, 2.75) is 13.8 Å². The molecule has 0 aliphatic rings. The third-order valence-electron chi connectivity index (χ3n) is 4.38. The zero-order chi connectivity index (χ0) is 23.3. The van der Waals surface area contributed by atoms with Crippen molar-refractivity contribution in [1.82, 2.24) is 0 Å². The van der Waals surface area contributed by atoms with Crippen LogP contribution in [0.5, 0.6) is 0 Å². The SMILES string of the molecule is COC(=O)c1cc(NC(=O)CN(c2cc(C)ccc2C)S(C)(=O)=O)cc(C(=O)OC)c1. The molecule has 0 unspecified atom stereocenters. The van der Waals surface area contributed by atoms with Crippen LogP contribution in [0.1, 0.15) is 31.8 Å². The number of hydrogen-bond donors (Lipinski definition) is 1. The number of anilines is 2. The van der Waals surface area contributed by atoms with Crippen LogP contribution in [0.2, 0.25) is 0 Å². The summed E-state index contributed by atoms with van der Waals surface area (Å²) in [6.07, 6.45) is 1.01. The maximum Gasteiger partial charge on any atom is 0.337 e. The van der Waals surface area contributed by atoms with Gasteiger partial charge in [0.15, 0.2) is 0 Å². The van der Waals surface area contributed by atoms with E-state index in [0.717, 1.165) is 16.1 Å². The van der Waals surface area contributed by atoms with Crippen LogP contribution in [0.4, 0.5) is 11.4 Å². The molecule has 2 aromatic carbocycles. The van der Waals surface area contributed by atoms with Crippen molar-refractivity contribution in [3.8, 4) is 0 Å². The number of carbonyl (C=O) groups is 3. The number of nitrogens with zero attached hydrogens (tertiary/aromatic N) is 1. The largest absolute Gasteiger partial charge is 0.465 e. The van der Waals surface area contributed by atoms with Crippen LogP contribution in [0.15, 0.2) is 36.4 Å². The van der Waals surface area contributed by atoms with Crippen molar-refractivity contribution in [3.63, 3.8) is 0 Å². The molecule has 9 nitrogen and oxygen atoms in total. The molecule has 2 rings (SSSR count). The minimum atomic E-state index is -3.77. The molecule has 0 saturated heterocycles. The highest BCUT2D eigenvalue weighted by atomic mass is 32.2. The molecule has 31 heavy (non-hydrogen) atoms. The molecular formula is C21H24N2O7S. The quantitative estimate of drug-likeness (QED) is 0.646. The molecule has 2 aromatic rings. The molecule has 0 aromatic heterocycles. The number of nitrogens with one attached hydrogen (secondary N) is 1. The van der Waals surface area contributed by atoms with Gasteiger partial charge in [-0.15, -0.1) is 0 Å². The van der Waals surface area contributed by atoms with E-state index in [0.29, 0.717) is 11.3 Å². The monoisotopic (exact) mass is 448 g/mol. The molecule has 0 radical (unpaired) electrons. The normalized spacial score (nSPS) is 10.9. The lowest BCUT2D eigenvalue weighted by atomic mass is 10.1. The second-order valence-electron chi connectivity index (χ2n) is 6.89. The molecule has 1 N–H and O–H groups in total. The zero-order valence-electron chi connectivity index (χ0n) is 17.9. The predicted octanol–water partition coefficient (Wildman–Crippen LogP) is 2.28. The van der Waals surface area contributed by atoms with Crippen LogP contribution in [0.3, 0.4) is 0 Å². The van der Waals surface area contributed by atoms with Crippen LogP contribution >= 0.6 is 0 Å². The average Bonchev–Trinajstić information content (AvgIpc) is 2.71. The summed E-state index contributed by atoms with van der Waals surface area (Å²) in [5, 5.41) is 2.53. The molecule has 0 fully saturated rings. The van der Waals surface area contributed by atoms with Crippen molar-refractivity contribution in [2.24, 2.45) is 0 Å². The standard InChI is InChI=1S/C21H24N2O7S/c1-13-6-7-14(2)18(8-13)23(31(5,27)28)12-19(24)22-17-10-15(20(25)29-3)9-16(11-17)21(26)30-4/h6-11H,12H2,1-5H3,(H,22,24). The average molecular weight is 448 g/mol. The topological polar surface area (TPSA) is 119 Å². The van der Waals surface area contributed by atoms with E-state index in [2.05, 4.69) is 14.8 Å². The van der Waals surface area contributed by atoms with E-state index in [4.69, 9.17) is 0 Å². The lowest BCUT2D eigenvalue weighted by molar-refractivity contribution is -0.114. The predicted molar refractivity (Wildman–Crippen MR) is 116 cm³/mol. The number of esters is 2. The van der Waals surface area contributed by atoms with Crippen LogP contribution in [-0.4, -0.2) is 53.3 Å². The van der Waals surface area contributed by atoms with Gasteiger partial charge in [-0.25, -0.2) is 18.0 Å². The molecule has 0 aliphatic carbocycles. The molecule has 0 atom stereocenters. The summed E-state index contributed by atoms with van der Waals surface area (Å²) in [6.45, 7) is 3.06. The van der Waals surface area contributed by atoms with Gasteiger partial charge in [0, 0.05) is 5.69 Å². The molecule has 0 saturated carbocycles. The summed E-state index contributed by atoms with van der Waals surface area (Å²) in [5.41, 5.74) is 2.07. The summed E-state index contributed by atoms with van der Waals surface area (Å²) in [6, 6.07) is 9.19. The Kier molecular flexibility index (Phi) is 7.40. The van der Waals surface area contributed by atoms with Gasteiger partial charge >= 0.3 is 11.9 Å². The summed E-state index contributed by atoms with van der Waals surface area (Å²) < 4.78 is 35.1. The van der Waals surface area contributed by atoms with E-state index in [-0.39, 0.29) is 16.8 Å². The first-order valence-electron chi connectivity index (χ1n) is 9.12. The molecule has 1 amide bonds. The maximum absolute atomic E-state index is 12.7. The Labute approximate surface area is 181 Å². The van der Waals surface area contributed by atoms with Crippen molar-refractivity contribution in [1.29, 1.82) is 0 Å². The van der Waals surface area contributed by atoms with Gasteiger partial charge in [-0.1, -0.05) is 12.1 Å². The van der Waals surface area contributed by atoms with E-state index < -0.39 is 34.4 Å². The number of hydrogen-bond acceptors (Lipinski definition) is 7. The van der Waals surface area contributed by atoms with E-state index >= 15 is 0 Å². The lowest BCUT2D eigenvalue weighted by Crippen LogP contribution is -2.38. The summed E-state index contributed by atoms with van der Waals surface area (Å²) in [4.78, 5) is 36.5. The Bertz CT molecular complexity index is 1090. The number of ether oxygens (including phenoxy) is 2. The Balaban J connectivity index is 2.37. The summed E-state index contributed by atoms with van der Waals surface area (Å²) >= 11 is 0. The van der Waals surface area contributed by atoms with Crippen LogP contribution in [-0.2, 0) is 24.3 Å². The number of aryl methyl sites for hydroxylation is 2. The highest BCUT2D eigenvalue weighted by Gasteiger charge is 2.23. The molecule has 0 bridgehead atoms. The van der Waals surface area contributed by atoms with E-state index in [9.17, 15) is 22.8 Å². The number of carbonyl (C=O) groups excluding carboxylic acids is 3. The lowest BCUT2D eigenvalue weighted by Gasteiger charge is -2.24. The molecular weight excluding hydrogens is 424 g/mol. The summed E-state index contributed by atoms with van der Waals surface area (Å²) in [5.74, 6) is -2.09. The molecule has 0 aliphatic heterocycles. The van der Waals surface area contributed by atoms with Gasteiger partial charge in [-0.2, -0.15) is 0 Å². The van der Waals surface area contributed by atoms with Gasteiger partial charge in [0.1, 0.15) is 6.54 Å². The van der Waals surface area contributed by atoms with Gasteiger partial charge in [0.05, 0.1) is 37.3 Å². The molecule has 0 spiro atoms. The van der Waals surface area contributed by atoms with E-state index in [1.165, 1.54) is 32.4 Å². The van der Waals surface area contributed by atoms with Crippen molar-refractivity contribution < 1.29 is 32.3 Å². The highest BCUT2D eigenvalue weighted by Crippen LogP contribution is 2.24. The number of benzene rings is 2. The fourth-order valence-electron chi connectivity index (χ4n) is 2.87. The van der Waals surface area contributed by atoms with Gasteiger partial charge in [-0.05, 0) is 49.2 Å². The van der Waals surface area contributed by atoms with Gasteiger partial charge in [0.2, 0.25) is 15.9 Å². The molecule has 0 heterocycles. The van der Waals surface area contributed by atoms with E-state index in [1.54, 1.807) is 19.1 Å². The molecule has 166 valence electrons. The first-order chi connectivity index (χ1) is 14.5. The minimum Gasteiger partial charge on any atom is -0.465 e. The highest BCUT2D eigenvalue weighted by molar-refractivity contribution is 7.92. The van der Waals surface area contributed by atoms with Gasteiger partial charge < -0.3 is 14.8 Å². The van der Waals surface area contributed by atoms with Crippen LogP contribution in [0.25, 0.3) is 0 Å². The van der Waals surface area contributed by atoms with Crippen molar-refractivity contribution in [3.05, 3.63) is 58.7 Å². The first kappa shape index (κ1) is 23.9. The second kappa shape index (κ2) is 9.61. The zero-order valence-corrected chi connectivity index (χ0v) is 18.7. The molecule has 10 heteroatoms. The Hall–Kier alpha value is -3.40. The van der Waals surface area contributed by atoms with Crippen molar-refractivity contribution >= 4 is 39.2 Å². The van der Waals surface area contributed by atoms with Crippen molar-refractivity contribution in [2.75, 3.05) is 36.6 Å². The van der Waals surface area contributed by atoms with Gasteiger partial charge in [0.25, 0.3) is 0 Å². The fourth-order valence-corrected chi connectivity index (χ4v) is 3.78.